The average molecular weight is 327 g/mol. The molecule has 0 radical (unpaired) electrons. The Hall–Kier alpha value is -1.17. The maximum Gasteiger partial charge on any atom is 0.242 e. The van der Waals surface area contributed by atoms with E-state index in [9.17, 15) is 4.79 Å². The van der Waals surface area contributed by atoms with Gasteiger partial charge in [0.25, 0.3) is 0 Å². The number of aromatic nitrogens is 1. The molecular formula is C16H27ClN4O. The van der Waals surface area contributed by atoms with E-state index in [1.165, 1.54) is 5.56 Å². The number of carbonyl (C=O) groups is 1. The fraction of sp³-hybridized carbons (Fsp3) is 0.625. The Balaban J connectivity index is 0.00000242. The fourth-order valence-corrected chi connectivity index (χ4v) is 2.85. The summed E-state index contributed by atoms with van der Waals surface area (Å²) in [5, 5.41) is 0. The molecule has 0 bridgehead atoms. The second-order valence-electron chi connectivity index (χ2n) is 6.10. The molecule has 0 spiro atoms. The van der Waals surface area contributed by atoms with Gasteiger partial charge in [0, 0.05) is 45.1 Å². The van der Waals surface area contributed by atoms with Crippen LogP contribution in [-0.4, -0.2) is 52.4 Å². The topological polar surface area (TPSA) is 62.5 Å². The molecular weight excluding hydrogens is 300 g/mol. The number of nitrogens with two attached hydrogens (primary N) is 1. The van der Waals surface area contributed by atoms with Crippen LogP contribution in [0.1, 0.15) is 32.3 Å². The molecule has 124 valence electrons. The van der Waals surface area contributed by atoms with Crippen molar-refractivity contribution in [3.05, 3.63) is 30.1 Å². The number of hydrogen-bond acceptors (Lipinski definition) is 4. The maximum absolute atomic E-state index is 12.4. The molecule has 1 fully saturated rings. The minimum atomic E-state index is -0.722. The predicted molar refractivity (Wildman–Crippen MR) is 90.8 cm³/mol. The van der Waals surface area contributed by atoms with Crippen molar-refractivity contribution < 1.29 is 4.79 Å². The molecule has 0 aliphatic carbocycles. The van der Waals surface area contributed by atoms with E-state index >= 15 is 0 Å². The summed E-state index contributed by atoms with van der Waals surface area (Å²) >= 11 is 0. The molecule has 6 heteroatoms. The van der Waals surface area contributed by atoms with Gasteiger partial charge in [0.15, 0.2) is 0 Å². The molecule has 0 aromatic carbocycles. The lowest BCUT2D eigenvalue weighted by Crippen LogP contribution is -2.58. The van der Waals surface area contributed by atoms with Gasteiger partial charge in [0.05, 0.1) is 5.54 Å². The van der Waals surface area contributed by atoms with Gasteiger partial charge in [0.1, 0.15) is 0 Å². The number of piperazine rings is 1. The summed E-state index contributed by atoms with van der Waals surface area (Å²) in [6.07, 6.45) is 5.35. The van der Waals surface area contributed by atoms with Crippen molar-refractivity contribution in [2.45, 2.75) is 38.8 Å². The molecule has 0 saturated carbocycles. The number of halogens is 1. The monoisotopic (exact) mass is 326 g/mol. The molecule has 1 aromatic rings. The number of rotatable bonds is 5. The van der Waals surface area contributed by atoms with E-state index in [4.69, 9.17) is 5.73 Å². The van der Waals surface area contributed by atoms with Crippen molar-refractivity contribution >= 4 is 18.3 Å². The normalized spacial score (nSPS) is 18.4. The van der Waals surface area contributed by atoms with Crippen molar-refractivity contribution in [1.82, 2.24) is 14.8 Å². The summed E-state index contributed by atoms with van der Waals surface area (Å²) in [4.78, 5) is 20.9. The van der Waals surface area contributed by atoms with Crippen LogP contribution in [0.2, 0.25) is 0 Å². The van der Waals surface area contributed by atoms with E-state index in [0.717, 1.165) is 45.6 Å². The van der Waals surface area contributed by atoms with Gasteiger partial charge in [-0.2, -0.15) is 0 Å². The zero-order chi connectivity index (χ0) is 15.3. The Morgan fingerprint density at radius 2 is 2.05 bits per heavy atom. The number of amides is 1. The molecule has 1 aromatic heterocycles. The third-order valence-electron chi connectivity index (χ3n) is 4.05. The lowest BCUT2D eigenvalue weighted by Gasteiger charge is -2.38. The first kappa shape index (κ1) is 18.9. The van der Waals surface area contributed by atoms with Gasteiger partial charge in [0.2, 0.25) is 5.91 Å². The van der Waals surface area contributed by atoms with Gasteiger partial charge in [-0.05, 0) is 25.0 Å². The molecule has 1 aliphatic rings. The first-order chi connectivity index (χ1) is 10.0. The van der Waals surface area contributed by atoms with Crippen LogP contribution in [0.4, 0.5) is 0 Å². The smallest absolute Gasteiger partial charge is 0.242 e. The quantitative estimate of drug-likeness (QED) is 0.894. The lowest BCUT2D eigenvalue weighted by molar-refractivity contribution is -0.138. The Kier molecular flexibility index (Phi) is 7.26. The van der Waals surface area contributed by atoms with Crippen LogP contribution in [0.5, 0.6) is 0 Å². The van der Waals surface area contributed by atoms with Crippen LogP contribution >= 0.6 is 12.4 Å². The van der Waals surface area contributed by atoms with Crippen LogP contribution in [0, 0.1) is 0 Å². The summed E-state index contributed by atoms with van der Waals surface area (Å²) in [7, 11) is 0. The lowest BCUT2D eigenvalue weighted by atomic mass is 9.95. The highest BCUT2D eigenvalue weighted by molar-refractivity contribution is 5.86. The number of carbonyl (C=O) groups excluding carboxylic acids is 1. The van der Waals surface area contributed by atoms with Crippen molar-refractivity contribution in [1.29, 1.82) is 0 Å². The fourth-order valence-electron chi connectivity index (χ4n) is 2.85. The van der Waals surface area contributed by atoms with E-state index < -0.39 is 5.54 Å². The number of hydrogen-bond donors (Lipinski definition) is 1. The second-order valence-corrected chi connectivity index (χ2v) is 6.10. The third kappa shape index (κ3) is 4.93. The molecule has 2 rings (SSSR count). The molecule has 22 heavy (non-hydrogen) atoms. The highest BCUT2D eigenvalue weighted by Crippen LogP contribution is 2.15. The van der Waals surface area contributed by atoms with E-state index in [1.54, 1.807) is 6.20 Å². The average Bonchev–Trinajstić information content (AvgIpc) is 2.48. The second kappa shape index (κ2) is 8.46. The van der Waals surface area contributed by atoms with Crippen molar-refractivity contribution in [2.75, 3.05) is 26.2 Å². The molecule has 1 unspecified atom stereocenters. The van der Waals surface area contributed by atoms with Crippen LogP contribution in [-0.2, 0) is 11.3 Å². The minimum Gasteiger partial charge on any atom is -0.339 e. The third-order valence-corrected chi connectivity index (χ3v) is 4.05. The molecule has 2 N–H and O–H groups in total. The zero-order valence-electron chi connectivity index (χ0n) is 13.5. The Morgan fingerprint density at radius 3 is 2.59 bits per heavy atom. The molecule has 1 atom stereocenters. The van der Waals surface area contributed by atoms with Crippen LogP contribution in [0.15, 0.2) is 24.5 Å². The summed E-state index contributed by atoms with van der Waals surface area (Å²) in [5.74, 6) is 0.0883. The Bertz CT molecular complexity index is 458. The van der Waals surface area contributed by atoms with Gasteiger partial charge in [-0.1, -0.05) is 19.4 Å². The Morgan fingerprint density at radius 1 is 1.36 bits per heavy atom. The maximum atomic E-state index is 12.4. The summed E-state index contributed by atoms with van der Waals surface area (Å²) in [6, 6.07) is 4.04. The van der Waals surface area contributed by atoms with Gasteiger partial charge >= 0.3 is 0 Å². The molecule has 1 saturated heterocycles. The van der Waals surface area contributed by atoms with Gasteiger partial charge in [-0.15, -0.1) is 12.4 Å². The summed E-state index contributed by atoms with van der Waals surface area (Å²) in [6.45, 7) is 8.10. The highest BCUT2D eigenvalue weighted by Gasteiger charge is 2.33. The zero-order valence-corrected chi connectivity index (χ0v) is 14.3. The van der Waals surface area contributed by atoms with Gasteiger partial charge < -0.3 is 10.6 Å². The summed E-state index contributed by atoms with van der Waals surface area (Å²) in [5.41, 5.74) is 6.64. The number of nitrogens with zero attached hydrogens (tertiary/aromatic N) is 3. The predicted octanol–water partition coefficient (Wildman–Crippen LogP) is 1.67. The highest BCUT2D eigenvalue weighted by atomic mass is 35.5. The van der Waals surface area contributed by atoms with Crippen LogP contribution in [0.25, 0.3) is 0 Å². The van der Waals surface area contributed by atoms with Crippen molar-refractivity contribution in [3.63, 3.8) is 0 Å². The van der Waals surface area contributed by atoms with Crippen LogP contribution in [0.3, 0.4) is 0 Å². The first-order valence-corrected chi connectivity index (χ1v) is 7.72. The minimum absolute atomic E-state index is 0. The molecule has 5 nitrogen and oxygen atoms in total. The molecule has 2 heterocycles. The van der Waals surface area contributed by atoms with Gasteiger partial charge in [-0.3, -0.25) is 14.7 Å². The standard InChI is InChI=1S/C16H26N4O.ClH/c1-3-6-16(2,17)15(21)20-10-8-19(9-11-20)13-14-5-4-7-18-12-14;/h4-5,7,12H,3,6,8-11,13,17H2,1-2H3;1H. The van der Waals surface area contributed by atoms with E-state index in [2.05, 4.69) is 22.9 Å². The van der Waals surface area contributed by atoms with E-state index in [-0.39, 0.29) is 18.3 Å². The van der Waals surface area contributed by atoms with Crippen LogP contribution < -0.4 is 5.73 Å². The SMILES string of the molecule is CCCC(C)(N)C(=O)N1CCN(Cc2cccnc2)CC1.Cl. The molecule has 1 aliphatic heterocycles. The van der Waals surface area contributed by atoms with Crippen molar-refractivity contribution in [3.8, 4) is 0 Å². The van der Waals surface area contributed by atoms with Crippen molar-refractivity contribution in [2.24, 2.45) is 5.73 Å². The Labute approximate surface area is 139 Å². The number of pyridine rings is 1. The molecule has 1 amide bonds. The van der Waals surface area contributed by atoms with E-state index in [0.29, 0.717) is 0 Å². The van der Waals surface area contributed by atoms with E-state index in [1.807, 2.05) is 24.1 Å². The largest absolute Gasteiger partial charge is 0.339 e. The van der Waals surface area contributed by atoms with Gasteiger partial charge in [-0.25, -0.2) is 0 Å². The summed E-state index contributed by atoms with van der Waals surface area (Å²) < 4.78 is 0. The first-order valence-electron chi connectivity index (χ1n) is 7.72.